The third kappa shape index (κ3) is 3.55. The van der Waals surface area contributed by atoms with Gasteiger partial charge in [0.25, 0.3) is 5.91 Å². The normalized spacial score (nSPS) is 9.95. The number of anilines is 2. The summed E-state index contributed by atoms with van der Waals surface area (Å²) in [7, 11) is 0. The van der Waals surface area contributed by atoms with E-state index in [0.717, 1.165) is 18.7 Å². The maximum absolute atomic E-state index is 12.2. The van der Waals surface area contributed by atoms with Crippen molar-refractivity contribution in [2.24, 2.45) is 0 Å². The first-order chi connectivity index (χ1) is 9.31. The maximum Gasteiger partial charge on any atom is 0.259 e. The van der Waals surface area contributed by atoms with Crippen LogP contribution >= 0.6 is 0 Å². The molecule has 0 atom stereocenters. The zero-order valence-corrected chi connectivity index (χ0v) is 10.9. The lowest BCUT2D eigenvalue weighted by atomic mass is 10.2. The Morgan fingerprint density at radius 3 is 2.68 bits per heavy atom. The number of benzene rings is 1. The van der Waals surface area contributed by atoms with Gasteiger partial charge in [-0.15, -0.1) is 0 Å². The van der Waals surface area contributed by atoms with Gasteiger partial charge in [-0.25, -0.2) is 4.98 Å². The molecule has 4 heteroatoms. The monoisotopic (exact) mass is 255 g/mol. The summed E-state index contributed by atoms with van der Waals surface area (Å²) in [4.78, 5) is 16.4. The van der Waals surface area contributed by atoms with Crippen molar-refractivity contribution in [2.75, 3.05) is 17.2 Å². The number of nitrogens with one attached hydrogen (secondary N) is 2. The summed E-state index contributed by atoms with van der Waals surface area (Å²) < 4.78 is 0. The summed E-state index contributed by atoms with van der Waals surface area (Å²) >= 11 is 0. The van der Waals surface area contributed by atoms with E-state index in [1.165, 1.54) is 0 Å². The van der Waals surface area contributed by atoms with Crippen LogP contribution < -0.4 is 10.6 Å². The molecule has 0 bridgehead atoms. The number of pyridine rings is 1. The summed E-state index contributed by atoms with van der Waals surface area (Å²) in [5, 5.41) is 6.01. The van der Waals surface area contributed by atoms with Crippen LogP contribution in [0.5, 0.6) is 0 Å². The van der Waals surface area contributed by atoms with Crippen LogP contribution in [0.3, 0.4) is 0 Å². The fraction of sp³-hybridized carbons (Fsp3) is 0.200. The lowest BCUT2D eigenvalue weighted by Gasteiger charge is -2.10. The number of carbonyl (C=O) groups excluding carboxylic acids is 1. The van der Waals surface area contributed by atoms with Crippen molar-refractivity contribution >= 4 is 17.4 Å². The highest BCUT2D eigenvalue weighted by Gasteiger charge is 2.11. The Hall–Kier alpha value is -2.36. The Bertz CT molecular complexity index is 540. The first kappa shape index (κ1) is 13.1. The second kappa shape index (κ2) is 6.54. The molecule has 0 aliphatic carbocycles. The Kier molecular flexibility index (Phi) is 4.50. The number of hydrogen-bond acceptors (Lipinski definition) is 3. The predicted octanol–water partition coefficient (Wildman–Crippen LogP) is 3.16. The quantitative estimate of drug-likeness (QED) is 0.863. The van der Waals surface area contributed by atoms with Crippen LogP contribution in [-0.2, 0) is 0 Å². The lowest BCUT2D eigenvalue weighted by Crippen LogP contribution is -2.16. The molecule has 4 nitrogen and oxygen atoms in total. The predicted molar refractivity (Wildman–Crippen MR) is 77.4 cm³/mol. The summed E-state index contributed by atoms with van der Waals surface area (Å²) in [6.07, 6.45) is 2.66. The molecule has 0 saturated carbocycles. The van der Waals surface area contributed by atoms with Gasteiger partial charge in [0.1, 0.15) is 5.82 Å². The van der Waals surface area contributed by atoms with Crippen molar-refractivity contribution in [1.29, 1.82) is 0 Å². The molecule has 2 rings (SSSR count). The summed E-state index contributed by atoms with van der Waals surface area (Å²) in [6.45, 7) is 2.86. The van der Waals surface area contributed by atoms with Crippen molar-refractivity contribution < 1.29 is 4.79 Å². The molecule has 98 valence electrons. The molecule has 0 fully saturated rings. The molecule has 1 aromatic heterocycles. The van der Waals surface area contributed by atoms with Gasteiger partial charge in [-0.2, -0.15) is 0 Å². The second-order valence-electron chi connectivity index (χ2n) is 4.15. The Balaban J connectivity index is 2.14. The van der Waals surface area contributed by atoms with Crippen molar-refractivity contribution in [3.05, 3.63) is 54.2 Å². The summed E-state index contributed by atoms with van der Waals surface area (Å²) in [6, 6.07) is 12.9. The zero-order chi connectivity index (χ0) is 13.5. The number of carbonyl (C=O) groups is 1. The number of nitrogens with zero attached hydrogens (tertiary/aromatic N) is 1. The van der Waals surface area contributed by atoms with Gasteiger partial charge < -0.3 is 10.6 Å². The van der Waals surface area contributed by atoms with Crippen LogP contribution in [0.15, 0.2) is 48.7 Å². The molecule has 2 aromatic rings. The average Bonchev–Trinajstić information content (AvgIpc) is 2.46. The molecule has 1 aromatic carbocycles. The summed E-state index contributed by atoms with van der Waals surface area (Å²) in [5.74, 6) is 0.468. The highest BCUT2D eigenvalue weighted by Crippen LogP contribution is 2.14. The maximum atomic E-state index is 12.2. The standard InChI is InChI=1S/C15H17N3O/c1-2-10-16-14-13(9-6-11-17-14)15(19)18-12-7-4-3-5-8-12/h3-9,11H,2,10H2,1H3,(H,16,17)(H,18,19). The van der Waals surface area contributed by atoms with Crippen LogP contribution in [0.2, 0.25) is 0 Å². The molecule has 1 heterocycles. The molecule has 2 N–H and O–H groups in total. The fourth-order valence-electron chi connectivity index (χ4n) is 1.69. The van der Waals surface area contributed by atoms with Crippen LogP contribution in [0.25, 0.3) is 0 Å². The highest BCUT2D eigenvalue weighted by atomic mass is 16.1. The molecular weight excluding hydrogens is 238 g/mol. The Labute approximate surface area is 112 Å². The smallest absolute Gasteiger partial charge is 0.259 e. The van der Waals surface area contributed by atoms with Gasteiger partial charge in [0.05, 0.1) is 5.56 Å². The van der Waals surface area contributed by atoms with E-state index in [2.05, 4.69) is 22.5 Å². The van der Waals surface area contributed by atoms with Gasteiger partial charge in [-0.3, -0.25) is 4.79 Å². The molecule has 0 aliphatic heterocycles. The largest absolute Gasteiger partial charge is 0.369 e. The fourth-order valence-corrected chi connectivity index (χ4v) is 1.69. The number of para-hydroxylation sites is 1. The minimum absolute atomic E-state index is 0.155. The van der Waals surface area contributed by atoms with E-state index < -0.39 is 0 Å². The second-order valence-corrected chi connectivity index (χ2v) is 4.15. The minimum atomic E-state index is -0.155. The SMILES string of the molecule is CCCNc1ncccc1C(=O)Nc1ccccc1. The van der Waals surface area contributed by atoms with E-state index in [1.54, 1.807) is 18.3 Å². The van der Waals surface area contributed by atoms with E-state index in [9.17, 15) is 4.79 Å². The Morgan fingerprint density at radius 1 is 1.16 bits per heavy atom. The number of aromatic nitrogens is 1. The van der Waals surface area contributed by atoms with E-state index in [1.807, 2.05) is 30.3 Å². The van der Waals surface area contributed by atoms with Crippen LogP contribution in [-0.4, -0.2) is 17.4 Å². The third-order valence-corrected chi connectivity index (χ3v) is 2.63. The van der Waals surface area contributed by atoms with E-state index in [-0.39, 0.29) is 5.91 Å². The van der Waals surface area contributed by atoms with Crippen molar-refractivity contribution in [3.8, 4) is 0 Å². The lowest BCUT2D eigenvalue weighted by molar-refractivity contribution is 0.102. The highest BCUT2D eigenvalue weighted by molar-refractivity contribution is 6.07. The average molecular weight is 255 g/mol. The molecule has 0 radical (unpaired) electrons. The molecule has 0 spiro atoms. The van der Waals surface area contributed by atoms with Gasteiger partial charge in [0, 0.05) is 18.4 Å². The first-order valence-corrected chi connectivity index (χ1v) is 6.36. The van der Waals surface area contributed by atoms with Gasteiger partial charge >= 0.3 is 0 Å². The van der Waals surface area contributed by atoms with E-state index in [0.29, 0.717) is 11.4 Å². The molecule has 19 heavy (non-hydrogen) atoms. The minimum Gasteiger partial charge on any atom is -0.369 e. The van der Waals surface area contributed by atoms with E-state index >= 15 is 0 Å². The van der Waals surface area contributed by atoms with Gasteiger partial charge in [0.15, 0.2) is 0 Å². The van der Waals surface area contributed by atoms with Crippen molar-refractivity contribution in [1.82, 2.24) is 4.98 Å². The first-order valence-electron chi connectivity index (χ1n) is 6.36. The molecule has 0 saturated heterocycles. The molecule has 1 amide bonds. The number of rotatable bonds is 5. The van der Waals surface area contributed by atoms with Crippen molar-refractivity contribution in [2.45, 2.75) is 13.3 Å². The van der Waals surface area contributed by atoms with Gasteiger partial charge in [-0.1, -0.05) is 25.1 Å². The van der Waals surface area contributed by atoms with Crippen LogP contribution in [0, 0.1) is 0 Å². The van der Waals surface area contributed by atoms with Crippen LogP contribution in [0.4, 0.5) is 11.5 Å². The third-order valence-electron chi connectivity index (χ3n) is 2.63. The Morgan fingerprint density at radius 2 is 1.95 bits per heavy atom. The molecule has 0 aliphatic rings. The molecule has 0 unspecified atom stereocenters. The topological polar surface area (TPSA) is 54.0 Å². The number of amides is 1. The summed E-state index contributed by atoms with van der Waals surface area (Å²) in [5.41, 5.74) is 1.33. The zero-order valence-electron chi connectivity index (χ0n) is 10.9. The number of hydrogen-bond donors (Lipinski definition) is 2. The van der Waals surface area contributed by atoms with E-state index in [4.69, 9.17) is 0 Å². The van der Waals surface area contributed by atoms with Gasteiger partial charge in [-0.05, 0) is 30.7 Å². The molecular formula is C15H17N3O. The van der Waals surface area contributed by atoms with Gasteiger partial charge in [0.2, 0.25) is 0 Å². The van der Waals surface area contributed by atoms with Crippen molar-refractivity contribution in [3.63, 3.8) is 0 Å². The van der Waals surface area contributed by atoms with Crippen LogP contribution in [0.1, 0.15) is 23.7 Å².